The van der Waals surface area contributed by atoms with Crippen molar-refractivity contribution in [3.63, 3.8) is 0 Å². The van der Waals surface area contributed by atoms with Gasteiger partial charge in [0.1, 0.15) is 0 Å². The van der Waals surface area contributed by atoms with E-state index in [1.54, 1.807) is 0 Å². The molecule has 0 bridgehead atoms. The zero-order valence-electron chi connectivity index (χ0n) is 19.0. The van der Waals surface area contributed by atoms with Crippen molar-refractivity contribution in [3.05, 3.63) is 71.8 Å². The molecule has 3 unspecified atom stereocenters. The van der Waals surface area contributed by atoms with Crippen molar-refractivity contribution >= 4 is 5.91 Å². The second-order valence-corrected chi connectivity index (χ2v) is 10.3. The van der Waals surface area contributed by atoms with Gasteiger partial charge in [-0.05, 0) is 41.2 Å². The average molecular weight is 433 g/mol. The SMILES string of the molecule is O=C(NCC1C2CN(Cc3ccccc3)CC12)C(O)(CC1CCCCC1)c1ccccc1. The number of carbonyl (C=O) groups excluding carboxylic acids is 1. The number of nitrogens with one attached hydrogen (secondary N) is 1. The third-order valence-electron chi connectivity index (χ3n) is 8.13. The Morgan fingerprint density at radius 2 is 1.56 bits per heavy atom. The van der Waals surface area contributed by atoms with Crippen LogP contribution in [0, 0.1) is 23.7 Å². The van der Waals surface area contributed by atoms with E-state index in [2.05, 4.69) is 40.5 Å². The second kappa shape index (κ2) is 9.36. The minimum Gasteiger partial charge on any atom is -0.375 e. The Morgan fingerprint density at radius 3 is 2.22 bits per heavy atom. The Labute approximate surface area is 192 Å². The molecule has 4 nitrogen and oxygen atoms in total. The Bertz CT molecular complexity index is 884. The first kappa shape index (κ1) is 21.7. The molecule has 3 fully saturated rings. The highest BCUT2D eigenvalue weighted by atomic mass is 16.3. The van der Waals surface area contributed by atoms with Gasteiger partial charge in [-0.1, -0.05) is 92.8 Å². The number of benzene rings is 2. The number of nitrogens with zero attached hydrogens (tertiary/aromatic N) is 1. The van der Waals surface area contributed by atoms with Crippen LogP contribution in [-0.4, -0.2) is 35.5 Å². The van der Waals surface area contributed by atoms with Gasteiger partial charge >= 0.3 is 0 Å². The highest BCUT2D eigenvalue weighted by Crippen LogP contribution is 2.51. The van der Waals surface area contributed by atoms with Gasteiger partial charge in [-0.2, -0.15) is 0 Å². The zero-order valence-corrected chi connectivity index (χ0v) is 19.0. The summed E-state index contributed by atoms with van der Waals surface area (Å²) in [5, 5.41) is 14.8. The van der Waals surface area contributed by atoms with Crippen molar-refractivity contribution in [1.29, 1.82) is 0 Å². The number of hydrogen-bond donors (Lipinski definition) is 2. The third-order valence-corrected chi connectivity index (χ3v) is 8.13. The predicted octanol–water partition coefficient (Wildman–Crippen LogP) is 4.34. The lowest BCUT2D eigenvalue weighted by Crippen LogP contribution is -2.47. The van der Waals surface area contributed by atoms with Crippen molar-refractivity contribution in [3.8, 4) is 0 Å². The number of carbonyl (C=O) groups is 1. The molecule has 1 amide bonds. The fraction of sp³-hybridized carbons (Fsp3) is 0.536. The standard InChI is InChI=1S/C28H36N2O2/c31-27(28(32,23-14-8-3-9-15-23)16-21-10-4-1-5-11-21)29-17-24-25-19-30(20-26(24)25)18-22-12-6-2-7-13-22/h2-3,6-9,12-15,21,24-26,32H,1,4-5,10-11,16-20H2,(H,29,31). The first-order valence-electron chi connectivity index (χ1n) is 12.5. The van der Waals surface area contributed by atoms with Gasteiger partial charge in [-0.15, -0.1) is 0 Å². The summed E-state index contributed by atoms with van der Waals surface area (Å²) in [4.78, 5) is 15.9. The Balaban J connectivity index is 1.16. The maximum Gasteiger partial charge on any atom is 0.256 e. The summed E-state index contributed by atoms with van der Waals surface area (Å²) in [6.45, 7) is 3.94. The molecule has 2 aromatic rings. The molecule has 32 heavy (non-hydrogen) atoms. The summed E-state index contributed by atoms with van der Waals surface area (Å²) < 4.78 is 0. The van der Waals surface area contributed by atoms with E-state index in [9.17, 15) is 9.90 Å². The molecule has 3 atom stereocenters. The Morgan fingerprint density at radius 1 is 0.938 bits per heavy atom. The lowest BCUT2D eigenvalue weighted by molar-refractivity contribution is -0.143. The summed E-state index contributed by atoms with van der Waals surface area (Å²) in [7, 11) is 0. The molecule has 3 aliphatic rings. The number of piperidine rings is 1. The van der Waals surface area contributed by atoms with Crippen LogP contribution in [0.15, 0.2) is 60.7 Å². The molecule has 0 aromatic heterocycles. The van der Waals surface area contributed by atoms with Crippen molar-refractivity contribution < 1.29 is 9.90 Å². The van der Waals surface area contributed by atoms with Crippen LogP contribution >= 0.6 is 0 Å². The fourth-order valence-corrected chi connectivity index (χ4v) is 6.23. The van der Waals surface area contributed by atoms with E-state index in [1.165, 1.54) is 24.8 Å². The predicted molar refractivity (Wildman–Crippen MR) is 127 cm³/mol. The molecule has 2 aliphatic carbocycles. The van der Waals surface area contributed by atoms with E-state index in [0.717, 1.165) is 38.0 Å². The van der Waals surface area contributed by atoms with Gasteiger partial charge in [0.2, 0.25) is 0 Å². The maximum atomic E-state index is 13.3. The topological polar surface area (TPSA) is 52.6 Å². The van der Waals surface area contributed by atoms with Crippen molar-refractivity contribution in [1.82, 2.24) is 10.2 Å². The molecule has 2 saturated carbocycles. The number of aliphatic hydroxyl groups is 1. The molecule has 2 aromatic carbocycles. The van der Waals surface area contributed by atoms with Gasteiger partial charge in [-0.25, -0.2) is 0 Å². The van der Waals surface area contributed by atoms with Crippen LogP contribution in [0.3, 0.4) is 0 Å². The lowest BCUT2D eigenvalue weighted by Gasteiger charge is -2.33. The molecule has 0 spiro atoms. The molecule has 2 N–H and O–H groups in total. The van der Waals surface area contributed by atoms with Crippen molar-refractivity contribution in [2.24, 2.45) is 23.7 Å². The molecule has 5 rings (SSSR count). The van der Waals surface area contributed by atoms with Crippen molar-refractivity contribution in [2.45, 2.75) is 50.7 Å². The van der Waals surface area contributed by atoms with E-state index >= 15 is 0 Å². The Kier molecular flexibility index (Phi) is 6.34. The normalized spacial score (nSPS) is 27.5. The third kappa shape index (κ3) is 4.62. The number of fused-ring (bicyclic) bond motifs is 1. The average Bonchev–Trinajstić information content (AvgIpc) is 3.29. The first-order chi connectivity index (χ1) is 15.6. The second-order valence-electron chi connectivity index (χ2n) is 10.3. The number of likely N-dealkylation sites (tertiary alicyclic amines) is 1. The molecule has 4 heteroatoms. The van der Waals surface area contributed by atoms with Gasteiger partial charge in [-0.3, -0.25) is 9.69 Å². The summed E-state index contributed by atoms with van der Waals surface area (Å²) >= 11 is 0. The zero-order chi connectivity index (χ0) is 22.0. The summed E-state index contributed by atoms with van der Waals surface area (Å²) in [6, 6.07) is 20.2. The van der Waals surface area contributed by atoms with Crippen LogP contribution in [0.5, 0.6) is 0 Å². The van der Waals surface area contributed by atoms with Crippen LogP contribution in [0.1, 0.15) is 49.7 Å². The van der Waals surface area contributed by atoms with Crippen LogP contribution in [-0.2, 0) is 16.9 Å². The molecule has 0 radical (unpaired) electrons. The number of rotatable bonds is 8. The fourth-order valence-electron chi connectivity index (χ4n) is 6.23. The maximum absolute atomic E-state index is 13.3. The van der Waals surface area contributed by atoms with E-state index in [-0.39, 0.29) is 5.91 Å². The Hall–Kier alpha value is -2.17. The molecule has 170 valence electrons. The van der Waals surface area contributed by atoms with E-state index in [0.29, 0.717) is 36.6 Å². The molecular formula is C28H36N2O2. The van der Waals surface area contributed by atoms with Gasteiger partial charge in [0, 0.05) is 26.2 Å². The van der Waals surface area contributed by atoms with Gasteiger partial charge < -0.3 is 10.4 Å². The molecule has 1 heterocycles. The minimum absolute atomic E-state index is 0.208. The monoisotopic (exact) mass is 432 g/mol. The minimum atomic E-state index is -1.42. The van der Waals surface area contributed by atoms with E-state index < -0.39 is 5.60 Å². The van der Waals surface area contributed by atoms with Crippen LogP contribution in [0.2, 0.25) is 0 Å². The van der Waals surface area contributed by atoms with E-state index in [4.69, 9.17) is 0 Å². The van der Waals surface area contributed by atoms with Crippen molar-refractivity contribution in [2.75, 3.05) is 19.6 Å². The summed E-state index contributed by atoms with van der Waals surface area (Å²) in [5.74, 6) is 2.14. The molecule has 1 aliphatic heterocycles. The first-order valence-corrected chi connectivity index (χ1v) is 12.5. The number of hydrogen-bond acceptors (Lipinski definition) is 3. The van der Waals surface area contributed by atoms with Crippen LogP contribution in [0.4, 0.5) is 0 Å². The van der Waals surface area contributed by atoms with Gasteiger partial charge in [0.15, 0.2) is 5.60 Å². The van der Waals surface area contributed by atoms with Gasteiger partial charge in [0.25, 0.3) is 5.91 Å². The summed E-state index contributed by atoms with van der Waals surface area (Å²) in [6.07, 6.45) is 6.46. The van der Waals surface area contributed by atoms with Crippen LogP contribution < -0.4 is 5.32 Å². The lowest BCUT2D eigenvalue weighted by atomic mass is 9.77. The number of amides is 1. The highest BCUT2D eigenvalue weighted by molar-refractivity contribution is 5.86. The summed E-state index contributed by atoms with van der Waals surface area (Å²) in [5.41, 5.74) is 0.675. The molecule has 1 saturated heterocycles. The quantitative estimate of drug-likeness (QED) is 0.653. The largest absolute Gasteiger partial charge is 0.375 e. The molecular weight excluding hydrogens is 396 g/mol. The van der Waals surface area contributed by atoms with Crippen LogP contribution in [0.25, 0.3) is 0 Å². The van der Waals surface area contributed by atoms with E-state index in [1.807, 2.05) is 30.3 Å². The van der Waals surface area contributed by atoms with Gasteiger partial charge in [0.05, 0.1) is 0 Å². The smallest absolute Gasteiger partial charge is 0.256 e. The highest BCUT2D eigenvalue weighted by Gasteiger charge is 2.55.